The predicted octanol–water partition coefficient (Wildman–Crippen LogP) is 3.99. The van der Waals surface area contributed by atoms with Crippen molar-refractivity contribution >= 4 is 58.0 Å². The van der Waals surface area contributed by atoms with Crippen molar-refractivity contribution in [2.24, 2.45) is 0 Å². The van der Waals surface area contributed by atoms with Gasteiger partial charge in [0.15, 0.2) is 0 Å². The zero-order chi connectivity index (χ0) is 25.7. The summed E-state index contributed by atoms with van der Waals surface area (Å²) in [6.07, 6.45) is 1.35. The highest BCUT2D eigenvalue weighted by molar-refractivity contribution is 6.30. The van der Waals surface area contributed by atoms with Gasteiger partial charge >= 0.3 is 12.1 Å². The minimum absolute atomic E-state index is 0.0293. The van der Waals surface area contributed by atoms with Crippen LogP contribution in [0.1, 0.15) is 5.56 Å². The summed E-state index contributed by atoms with van der Waals surface area (Å²) in [4.78, 5) is 53.6. The van der Waals surface area contributed by atoms with Crippen LogP contribution in [-0.2, 0) is 9.53 Å². The van der Waals surface area contributed by atoms with Crippen LogP contribution in [0.15, 0.2) is 59.5 Å². The average molecular weight is 511 g/mol. The summed E-state index contributed by atoms with van der Waals surface area (Å²) in [5, 5.41) is 10.8. The summed E-state index contributed by atoms with van der Waals surface area (Å²) in [5.74, 6) is -0.133. The van der Waals surface area contributed by atoms with Crippen molar-refractivity contribution < 1.29 is 19.1 Å². The number of carbonyl (C=O) groups is 3. The Labute approximate surface area is 210 Å². The first-order chi connectivity index (χ1) is 17.3. The molecule has 12 heteroatoms. The van der Waals surface area contributed by atoms with Crippen molar-refractivity contribution in [2.45, 2.75) is 6.92 Å². The van der Waals surface area contributed by atoms with Crippen LogP contribution < -0.4 is 31.7 Å². The fourth-order valence-corrected chi connectivity index (χ4v) is 3.74. The molecule has 0 saturated carbocycles. The van der Waals surface area contributed by atoms with Crippen molar-refractivity contribution in [2.75, 3.05) is 45.9 Å². The molecule has 1 aromatic heterocycles. The topological polar surface area (TPSA) is 145 Å². The number of halogens is 1. The van der Waals surface area contributed by atoms with Crippen molar-refractivity contribution in [3.05, 3.63) is 75.7 Å². The first kappa shape index (κ1) is 24.8. The highest BCUT2D eigenvalue weighted by atomic mass is 35.5. The minimum atomic E-state index is -0.692. The summed E-state index contributed by atoms with van der Waals surface area (Å²) < 4.78 is 5.16. The van der Waals surface area contributed by atoms with Crippen LogP contribution in [0, 0.1) is 6.92 Å². The first-order valence-corrected chi connectivity index (χ1v) is 11.3. The van der Waals surface area contributed by atoms with Crippen LogP contribution in [0.2, 0.25) is 5.02 Å². The number of aryl methyl sites for hydroxylation is 1. The van der Waals surface area contributed by atoms with E-state index in [1.54, 1.807) is 47.4 Å². The number of amides is 5. The molecule has 1 fully saturated rings. The van der Waals surface area contributed by atoms with Gasteiger partial charge in [0, 0.05) is 34.8 Å². The van der Waals surface area contributed by atoms with Gasteiger partial charge in [-0.3, -0.25) is 9.59 Å². The van der Waals surface area contributed by atoms with E-state index in [4.69, 9.17) is 16.3 Å². The Hall–Kier alpha value is -4.35. The van der Waals surface area contributed by atoms with Crippen LogP contribution in [0.5, 0.6) is 0 Å². The maximum atomic E-state index is 12.6. The van der Waals surface area contributed by atoms with Crippen LogP contribution in [0.25, 0.3) is 0 Å². The van der Waals surface area contributed by atoms with Crippen LogP contribution in [-0.4, -0.2) is 42.7 Å². The molecule has 1 aliphatic heterocycles. The standard InChI is InChI=1S/C24H23ClN6O5/c1-14-12-17(6-7-19(14)31-10-11-36-13-20(31)32)28-24(35)30-21-18(8-9-26-22(21)33)29-23(34)27-16-4-2-15(25)3-5-16/h2-9,12H,10-11,13H2,1H3,(H2,28,30,35)(H3,26,27,29,33,34). The number of ether oxygens (including phenoxy) is 1. The third-order valence-electron chi connectivity index (χ3n) is 5.28. The number of pyridine rings is 1. The molecule has 11 nitrogen and oxygen atoms in total. The van der Waals surface area contributed by atoms with E-state index < -0.39 is 17.6 Å². The van der Waals surface area contributed by atoms with Crippen LogP contribution >= 0.6 is 11.6 Å². The SMILES string of the molecule is Cc1cc(NC(=O)Nc2c(NC(=O)Nc3ccc(Cl)cc3)cc[nH]c2=O)ccc1N1CCOCC1=O. The zero-order valence-electron chi connectivity index (χ0n) is 19.2. The predicted molar refractivity (Wildman–Crippen MR) is 138 cm³/mol. The molecule has 36 heavy (non-hydrogen) atoms. The van der Waals surface area contributed by atoms with Gasteiger partial charge in [0.25, 0.3) is 11.5 Å². The molecule has 0 spiro atoms. The number of aromatic amines is 1. The molecule has 1 aliphatic rings. The number of benzene rings is 2. The van der Waals surface area contributed by atoms with E-state index in [1.807, 2.05) is 6.92 Å². The Morgan fingerprint density at radius 2 is 1.64 bits per heavy atom. The van der Waals surface area contributed by atoms with Gasteiger partial charge in [-0.15, -0.1) is 0 Å². The zero-order valence-corrected chi connectivity index (χ0v) is 19.9. The highest BCUT2D eigenvalue weighted by Crippen LogP contribution is 2.25. The lowest BCUT2D eigenvalue weighted by molar-refractivity contribution is -0.125. The second-order valence-corrected chi connectivity index (χ2v) is 8.30. The summed E-state index contributed by atoms with van der Waals surface area (Å²) in [5.41, 5.74) is 1.80. The number of rotatable bonds is 5. The Balaban J connectivity index is 1.43. The minimum Gasteiger partial charge on any atom is -0.370 e. The van der Waals surface area contributed by atoms with Gasteiger partial charge in [0.1, 0.15) is 12.3 Å². The Morgan fingerprint density at radius 1 is 0.944 bits per heavy atom. The van der Waals surface area contributed by atoms with Gasteiger partial charge in [0.2, 0.25) is 0 Å². The molecule has 5 N–H and O–H groups in total. The monoisotopic (exact) mass is 510 g/mol. The lowest BCUT2D eigenvalue weighted by Crippen LogP contribution is -2.42. The maximum absolute atomic E-state index is 12.6. The Kier molecular flexibility index (Phi) is 7.52. The van der Waals surface area contributed by atoms with Gasteiger partial charge in [-0.1, -0.05) is 11.6 Å². The molecule has 2 aromatic carbocycles. The van der Waals surface area contributed by atoms with Crippen molar-refractivity contribution in [3.8, 4) is 0 Å². The van der Waals surface area contributed by atoms with Gasteiger partial charge in [-0.25, -0.2) is 9.59 Å². The Bertz CT molecular complexity index is 1360. The smallest absolute Gasteiger partial charge is 0.323 e. The van der Waals surface area contributed by atoms with E-state index >= 15 is 0 Å². The molecule has 0 aliphatic carbocycles. The number of morpholine rings is 1. The molecular formula is C24H23ClN6O5. The second kappa shape index (κ2) is 10.9. The summed E-state index contributed by atoms with van der Waals surface area (Å²) in [7, 11) is 0. The quantitative estimate of drug-likeness (QED) is 0.352. The molecule has 5 amide bonds. The number of aromatic nitrogens is 1. The number of nitrogens with zero attached hydrogens (tertiary/aromatic N) is 1. The van der Waals surface area contributed by atoms with E-state index in [9.17, 15) is 19.2 Å². The highest BCUT2D eigenvalue weighted by Gasteiger charge is 2.22. The number of hydrogen-bond acceptors (Lipinski definition) is 5. The fraction of sp³-hybridized carbons (Fsp3) is 0.167. The molecule has 3 aromatic rings. The van der Waals surface area contributed by atoms with E-state index in [2.05, 4.69) is 26.3 Å². The average Bonchev–Trinajstić information content (AvgIpc) is 2.83. The van der Waals surface area contributed by atoms with Gasteiger partial charge in [0.05, 0.1) is 12.3 Å². The number of H-pyrrole nitrogens is 1. The molecule has 2 heterocycles. The second-order valence-electron chi connectivity index (χ2n) is 7.86. The molecule has 0 radical (unpaired) electrons. The third kappa shape index (κ3) is 6.01. The van der Waals surface area contributed by atoms with Crippen molar-refractivity contribution in [3.63, 3.8) is 0 Å². The largest absolute Gasteiger partial charge is 0.370 e. The van der Waals surface area contributed by atoms with Gasteiger partial charge in [-0.2, -0.15) is 0 Å². The number of nitrogens with one attached hydrogen (secondary N) is 5. The molecule has 4 rings (SSSR count). The summed E-state index contributed by atoms with van der Waals surface area (Å²) >= 11 is 5.85. The third-order valence-corrected chi connectivity index (χ3v) is 5.53. The molecule has 0 unspecified atom stereocenters. The van der Waals surface area contributed by atoms with Crippen molar-refractivity contribution in [1.29, 1.82) is 0 Å². The summed E-state index contributed by atoms with van der Waals surface area (Å²) in [6, 6.07) is 11.7. The fourth-order valence-electron chi connectivity index (χ4n) is 3.61. The number of urea groups is 2. The van der Waals surface area contributed by atoms with Crippen LogP contribution in [0.4, 0.5) is 38.0 Å². The summed E-state index contributed by atoms with van der Waals surface area (Å²) in [6.45, 7) is 2.75. The molecule has 186 valence electrons. The van der Waals surface area contributed by atoms with E-state index in [-0.39, 0.29) is 23.9 Å². The number of anilines is 5. The number of hydrogen-bond donors (Lipinski definition) is 5. The molecule has 0 bridgehead atoms. The van der Waals surface area contributed by atoms with E-state index in [0.29, 0.717) is 29.5 Å². The normalized spacial score (nSPS) is 13.2. The van der Waals surface area contributed by atoms with Gasteiger partial charge in [-0.05, 0) is 61.0 Å². The number of carbonyl (C=O) groups excluding carboxylic acids is 3. The Morgan fingerprint density at radius 3 is 2.36 bits per heavy atom. The van der Waals surface area contributed by atoms with Crippen molar-refractivity contribution in [1.82, 2.24) is 4.98 Å². The van der Waals surface area contributed by atoms with Gasteiger partial charge < -0.3 is 35.9 Å². The van der Waals surface area contributed by atoms with E-state index in [0.717, 1.165) is 11.3 Å². The molecular weight excluding hydrogens is 488 g/mol. The lowest BCUT2D eigenvalue weighted by Gasteiger charge is -2.28. The molecule has 0 atom stereocenters. The maximum Gasteiger partial charge on any atom is 0.323 e. The van der Waals surface area contributed by atoms with E-state index in [1.165, 1.54) is 12.3 Å². The lowest BCUT2D eigenvalue weighted by atomic mass is 10.1. The first-order valence-electron chi connectivity index (χ1n) is 10.9. The van der Waals surface area contributed by atoms with Crippen LogP contribution in [0.3, 0.4) is 0 Å². The molecule has 1 saturated heterocycles.